The van der Waals surface area contributed by atoms with Gasteiger partial charge in [-0.25, -0.2) is 4.98 Å². The summed E-state index contributed by atoms with van der Waals surface area (Å²) >= 11 is 1.68. The fourth-order valence-corrected chi connectivity index (χ4v) is 4.31. The van der Waals surface area contributed by atoms with E-state index in [-0.39, 0.29) is 29.4 Å². The molecule has 0 bridgehead atoms. The number of nitrogens with zero attached hydrogens (tertiary/aromatic N) is 3. The number of rotatable bonds is 6. The van der Waals surface area contributed by atoms with Gasteiger partial charge in [-0.2, -0.15) is 0 Å². The maximum Gasteiger partial charge on any atom is 0.193 e. The number of guanidine groups is 1. The van der Waals surface area contributed by atoms with E-state index in [0.717, 1.165) is 61.6 Å². The molecule has 1 aromatic carbocycles. The van der Waals surface area contributed by atoms with Gasteiger partial charge in [0.25, 0.3) is 0 Å². The van der Waals surface area contributed by atoms with Gasteiger partial charge < -0.3 is 19.7 Å². The second-order valence-corrected chi connectivity index (χ2v) is 8.30. The van der Waals surface area contributed by atoms with E-state index in [0.29, 0.717) is 0 Å². The molecule has 1 fully saturated rings. The summed E-state index contributed by atoms with van der Waals surface area (Å²) in [4.78, 5) is 11.2. The number of thiazole rings is 1. The van der Waals surface area contributed by atoms with Gasteiger partial charge in [-0.3, -0.25) is 4.99 Å². The smallest absolute Gasteiger partial charge is 0.193 e. The van der Waals surface area contributed by atoms with E-state index in [2.05, 4.69) is 37.7 Å². The van der Waals surface area contributed by atoms with Crippen molar-refractivity contribution in [2.45, 2.75) is 31.7 Å². The average molecular weight is 530 g/mol. The molecular weight excluding hydrogens is 499 g/mol. The molecule has 1 aliphatic heterocycles. The number of aromatic nitrogens is 1. The number of nitrogens with one attached hydrogen (secondary N) is 1. The van der Waals surface area contributed by atoms with Gasteiger partial charge in [0, 0.05) is 44.6 Å². The summed E-state index contributed by atoms with van der Waals surface area (Å²) < 4.78 is 11.0. The summed E-state index contributed by atoms with van der Waals surface area (Å²) in [5.41, 5.74) is 2.42. The lowest BCUT2D eigenvalue weighted by molar-refractivity contribution is 0.0512. The third kappa shape index (κ3) is 6.05. The van der Waals surface area contributed by atoms with Crippen LogP contribution < -0.4 is 10.1 Å². The first-order valence-corrected chi connectivity index (χ1v) is 10.5. The quantitative estimate of drug-likeness (QED) is 0.350. The van der Waals surface area contributed by atoms with Crippen LogP contribution in [0, 0.1) is 6.92 Å². The number of aryl methyl sites for hydroxylation is 1. The highest BCUT2D eigenvalue weighted by atomic mass is 127. The minimum Gasteiger partial charge on any atom is -0.497 e. The van der Waals surface area contributed by atoms with Crippen molar-refractivity contribution in [3.8, 4) is 5.75 Å². The van der Waals surface area contributed by atoms with Crippen molar-refractivity contribution < 1.29 is 9.47 Å². The van der Waals surface area contributed by atoms with Crippen molar-refractivity contribution >= 4 is 41.3 Å². The highest BCUT2D eigenvalue weighted by molar-refractivity contribution is 14.0. The molecular formula is C21H31IN4O2S. The minimum atomic E-state index is 0. The van der Waals surface area contributed by atoms with Gasteiger partial charge in [0.15, 0.2) is 5.96 Å². The zero-order valence-electron chi connectivity index (χ0n) is 17.6. The predicted molar refractivity (Wildman–Crippen MR) is 130 cm³/mol. The molecule has 0 unspecified atom stereocenters. The van der Waals surface area contributed by atoms with Crippen LogP contribution in [0.15, 0.2) is 34.6 Å². The Morgan fingerprint density at radius 2 is 2.00 bits per heavy atom. The number of aliphatic imine (C=N–C) groups is 1. The number of halogens is 1. The first-order chi connectivity index (χ1) is 13.6. The first-order valence-electron chi connectivity index (χ1n) is 9.61. The van der Waals surface area contributed by atoms with Crippen LogP contribution in [0.3, 0.4) is 0 Å². The molecule has 29 heavy (non-hydrogen) atoms. The van der Waals surface area contributed by atoms with Crippen LogP contribution in [0.1, 0.15) is 29.1 Å². The zero-order chi connectivity index (χ0) is 20.0. The van der Waals surface area contributed by atoms with Crippen LogP contribution >= 0.6 is 35.3 Å². The summed E-state index contributed by atoms with van der Waals surface area (Å²) in [6, 6.07) is 8.43. The van der Waals surface area contributed by atoms with E-state index in [1.54, 1.807) is 18.4 Å². The van der Waals surface area contributed by atoms with Crippen molar-refractivity contribution in [1.82, 2.24) is 15.2 Å². The van der Waals surface area contributed by atoms with Crippen LogP contribution in [0.25, 0.3) is 0 Å². The van der Waals surface area contributed by atoms with Crippen LogP contribution in [0.5, 0.6) is 5.75 Å². The highest BCUT2D eigenvalue weighted by Crippen LogP contribution is 2.35. The van der Waals surface area contributed by atoms with E-state index >= 15 is 0 Å². The van der Waals surface area contributed by atoms with E-state index in [9.17, 15) is 0 Å². The average Bonchev–Trinajstić information content (AvgIpc) is 3.13. The maximum absolute atomic E-state index is 5.65. The van der Waals surface area contributed by atoms with E-state index in [4.69, 9.17) is 9.47 Å². The topological polar surface area (TPSA) is 59.0 Å². The Morgan fingerprint density at radius 3 is 2.55 bits per heavy atom. The van der Waals surface area contributed by atoms with Crippen LogP contribution in [0.2, 0.25) is 0 Å². The molecule has 0 atom stereocenters. The van der Waals surface area contributed by atoms with Gasteiger partial charge in [0.05, 0.1) is 24.4 Å². The molecule has 2 heterocycles. The first kappa shape index (κ1) is 23.9. The SMILES string of the molecule is CN=C(NCC1(c2ccc(OC)cc2)CCOCC1)N(C)Cc1csc(C)n1.I. The zero-order valence-corrected chi connectivity index (χ0v) is 20.8. The second-order valence-electron chi connectivity index (χ2n) is 7.24. The molecule has 0 saturated carbocycles. The Morgan fingerprint density at radius 1 is 1.31 bits per heavy atom. The number of methoxy groups -OCH3 is 1. The summed E-state index contributed by atoms with van der Waals surface area (Å²) in [5, 5.41) is 6.80. The Hall–Kier alpha value is -1.39. The van der Waals surface area contributed by atoms with Crippen LogP contribution in [0.4, 0.5) is 0 Å². The van der Waals surface area contributed by atoms with Crippen molar-refractivity contribution in [1.29, 1.82) is 0 Å². The summed E-state index contributed by atoms with van der Waals surface area (Å²) in [6.07, 6.45) is 1.97. The molecule has 160 valence electrons. The Labute approximate surface area is 194 Å². The second kappa shape index (κ2) is 11.1. The Bertz CT molecular complexity index is 788. The van der Waals surface area contributed by atoms with E-state index in [1.807, 2.05) is 33.2 Å². The molecule has 1 N–H and O–H groups in total. The largest absolute Gasteiger partial charge is 0.497 e. The van der Waals surface area contributed by atoms with Gasteiger partial charge in [-0.05, 0) is 37.5 Å². The fourth-order valence-electron chi connectivity index (χ4n) is 3.71. The highest BCUT2D eigenvalue weighted by Gasteiger charge is 2.35. The van der Waals surface area contributed by atoms with Gasteiger partial charge in [-0.15, -0.1) is 35.3 Å². The minimum absolute atomic E-state index is 0. The van der Waals surface area contributed by atoms with Gasteiger partial charge in [0.2, 0.25) is 0 Å². The fraction of sp³-hybridized carbons (Fsp3) is 0.524. The Balaban J connectivity index is 0.00000300. The molecule has 0 spiro atoms. The lowest BCUT2D eigenvalue weighted by Crippen LogP contribution is -2.48. The van der Waals surface area contributed by atoms with Crippen LogP contribution in [-0.4, -0.2) is 56.8 Å². The molecule has 8 heteroatoms. The third-order valence-electron chi connectivity index (χ3n) is 5.38. The summed E-state index contributed by atoms with van der Waals surface area (Å²) in [7, 11) is 5.58. The van der Waals surface area contributed by atoms with Crippen molar-refractivity contribution in [2.24, 2.45) is 4.99 Å². The number of hydrogen-bond acceptors (Lipinski definition) is 5. The standard InChI is InChI=1S/C21H30N4O2S.HI/c1-16-24-18(14-28-16)13-25(3)20(22-2)23-15-21(9-11-27-12-10-21)17-5-7-19(26-4)8-6-17;/h5-8,14H,9-13,15H2,1-4H3,(H,22,23);1H. The third-order valence-corrected chi connectivity index (χ3v) is 6.20. The predicted octanol–water partition coefficient (Wildman–Crippen LogP) is 3.83. The lowest BCUT2D eigenvalue weighted by Gasteiger charge is -2.39. The molecule has 0 amide bonds. The molecule has 2 aromatic rings. The molecule has 1 aromatic heterocycles. The molecule has 3 rings (SSSR count). The van der Waals surface area contributed by atoms with E-state index in [1.165, 1.54) is 5.56 Å². The number of benzene rings is 1. The van der Waals surface area contributed by atoms with Crippen molar-refractivity contribution in [3.05, 3.63) is 45.9 Å². The maximum atomic E-state index is 5.65. The van der Waals surface area contributed by atoms with Crippen molar-refractivity contribution in [3.63, 3.8) is 0 Å². The summed E-state index contributed by atoms with van der Waals surface area (Å²) in [5.74, 6) is 1.76. The van der Waals surface area contributed by atoms with Gasteiger partial charge in [0.1, 0.15) is 5.75 Å². The molecule has 0 aliphatic carbocycles. The lowest BCUT2D eigenvalue weighted by atomic mass is 9.74. The molecule has 6 nitrogen and oxygen atoms in total. The normalized spacial score (nSPS) is 16.1. The van der Waals surface area contributed by atoms with Gasteiger partial charge >= 0.3 is 0 Å². The monoisotopic (exact) mass is 530 g/mol. The Kier molecular flexibility index (Phi) is 9.16. The van der Waals surface area contributed by atoms with Gasteiger partial charge in [-0.1, -0.05) is 12.1 Å². The number of hydrogen-bond donors (Lipinski definition) is 1. The van der Waals surface area contributed by atoms with Crippen molar-refractivity contribution in [2.75, 3.05) is 41.0 Å². The van der Waals surface area contributed by atoms with Crippen LogP contribution in [-0.2, 0) is 16.7 Å². The molecule has 1 aliphatic rings. The molecule has 0 radical (unpaired) electrons. The van der Waals surface area contributed by atoms with E-state index < -0.39 is 0 Å². The summed E-state index contributed by atoms with van der Waals surface area (Å²) in [6.45, 7) is 5.14. The molecule has 1 saturated heterocycles. The number of ether oxygens (including phenoxy) is 2.